The third kappa shape index (κ3) is 4.07. The molecule has 1 aliphatic rings. The zero-order valence-electron chi connectivity index (χ0n) is 11.7. The summed E-state index contributed by atoms with van der Waals surface area (Å²) in [7, 11) is 0. The average Bonchev–Trinajstić information content (AvgIpc) is 2.40. The summed E-state index contributed by atoms with van der Waals surface area (Å²) < 4.78 is 0.868. The van der Waals surface area contributed by atoms with Gasteiger partial charge in [-0.3, -0.25) is 4.79 Å². The third-order valence-electron chi connectivity index (χ3n) is 4.05. The number of aryl methyl sites for hydroxylation is 1. The Balaban J connectivity index is 1.89. The molecule has 0 spiro atoms. The molecule has 0 radical (unpaired) electrons. The number of hydrogen-bond donors (Lipinski definition) is 1. The lowest BCUT2D eigenvalue weighted by Crippen LogP contribution is -2.31. The van der Waals surface area contributed by atoms with Crippen LogP contribution in [0.4, 0.5) is 0 Å². The van der Waals surface area contributed by atoms with Gasteiger partial charge in [-0.2, -0.15) is 0 Å². The number of carbonyl (C=O) groups is 1. The number of amides is 1. The lowest BCUT2D eigenvalue weighted by Gasteiger charge is -2.26. The van der Waals surface area contributed by atoms with Gasteiger partial charge < -0.3 is 5.32 Å². The van der Waals surface area contributed by atoms with E-state index >= 15 is 0 Å². The van der Waals surface area contributed by atoms with Crippen molar-refractivity contribution in [2.24, 2.45) is 11.8 Å². The van der Waals surface area contributed by atoms with Gasteiger partial charge in [0, 0.05) is 11.0 Å². The Bertz CT molecular complexity index is 450. The van der Waals surface area contributed by atoms with Gasteiger partial charge in [-0.1, -0.05) is 31.4 Å². The van der Waals surface area contributed by atoms with Crippen LogP contribution < -0.4 is 5.32 Å². The maximum absolute atomic E-state index is 12.2. The zero-order chi connectivity index (χ0) is 13.8. The highest BCUT2D eigenvalue weighted by atomic mass is 79.9. The van der Waals surface area contributed by atoms with Gasteiger partial charge in [0.1, 0.15) is 0 Å². The van der Waals surface area contributed by atoms with E-state index in [0.717, 1.165) is 28.1 Å². The first-order valence-electron chi connectivity index (χ1n) is 7.10. The average molecular weight is 324 g/mol. The molecule has 1 aromatic carbocycles. The second-order valence-corrected chi connectivity index (χ2v) is 6.67. The normalized spacial score (nSPS) is 23.1. The third-order valence-corrected chi connectivity index (χ3v) is 4.74. The van der Waals surface area contributed by atoms with Crippen molar-refractivity contribution in [3.8, 4) is 0 Å². The van der Waals surface area contributed by atoms with Crippen LogP contribution in [0, 0.1) is 18.8 Å². The van der Waals surface area contributed by atoms with Crippen molar-refractivity contribution in [1.29, 1.82) is 0 Å². The molecule has 1 fully saturated rings. The first-order valence-corrected chi connectivity index (χ1v) is 7.90. The smallest absolute Gasteiger partial charge is 0.252 e. The molecule has 1 saturated carbocycles. The monoisotopic (exact) mass is 323 g/mol. The topological polar surface area (TPSA) is 29.1 Å². The number of benzene rings is 1. The van der Waals surface area contributed by atoms with Gasteiger partial charge in [-0.15, -0.1) is 0 Å². The molecule has 104 valence electrons. The van der Waals surface area contributed by atoms with Gasteiger partial charge in [0.25, 0.3) is 5.91 Å². The first kappa shape index (κ1) is 14.6. The molecule has 0 aliphatic heterocycles. The fourth-order valence-corrected chi connectivity index (χ4v) is 3.11. The van der Waals surface area contributed by atoms with E-state index in [9.17, 15) is 4.79 Å². The van der Waals surface area contributed by atoms with Gasteiger partial charge in [-0.05, 0) is 59.7 Å². The summed E-state index contributed by atoms with van der Waals surface area (Å²) in [6, 6.07) is 5.87. The van der Waals surface area contributed by atoms with Crippen molar-refractivity contribution in [2.75, 3.05) is 6.54 Å². The molecule has 0 saturated heterocycles. The summed E-state index contributed by atoms with van der Waals surface area (Å²) in [6.45, 7) is 5.14. The van der Waals surface area contributed by atoms with Crippen molar-refractivity contribution in [2.45, 2.75) is 39.5 Å². The number of nitrogens with one attached hydrogen (secondary N) is 1. The van der Waals surface area contributed by atoms with Crippen LogP contribution in [0.3, 0.4) is 0 Å². The molecule has 2 rings (SSSR count). The van der Waals surface area contributed by atoms with Crippen molar-refractivity contribution in [1.82, 2.24) is 5.32 Å². The Kier molecular flexibility index (Phi) is 5.03. The molecule has 0 unspecified atom stereocenters. The summed E-state index contributed by atoms with van der Waals surface area (Å²) in [4.78, 5) is 12.2. The van der Waals surface area contributed by atoms with E-state index in [-0.39, 0.29) is 5.91 Å². The van der Waals surface area contributed by atoms with Crippen LogP contribution in [0.15, 0.2) is 22.7 Å². The molecule has 2 nitrogen and oxygen atoms in total. The van der Waals surface area contributed by atoms with Crippen LogP contribution in [0.1, 0.15) is 48.5 Å². The molecule has 0 heterocycles. The Morgan fingerprint density at radius 2 is 2.00 bits per heavy atom. The highest BCUT2D eigenvalue weighted by molar-refractivity contribution is 9.10. The molecular weight excluding hydrogens is 302 g/mol. The molecule has 1 aromatic rings. The van der Waals surface area contributed by atoms with E-state index < -0.39 is 0 Å². The van der Waals surface area contributed by atoms with Crippen LogP contribution in [0.2, 0.25) is 0 Å². The van der Waals surface area contributed by atoms with E-state index in [1.54, 1.807) is 0 Å². The highest BCUT2D eigenvalue weighted by Crippen LogP contribution is 2.27. The number of carbonyl (C=O) groups excluding carboxylic acids is 1. The zero-order valence-corrected chi connectivity index (χ0v) is 13.3. The fourth-order valence-electron chi connectivity index (χ4n) is 2.68. The summed E-state index contributed by atoms with van der Waals surface area (Å²) in [5.74, 6) is 1.55. The van der Waals surface area contributed by atoms with E-state index in [2.05, 4.69) is 28.2 Å². The van der Waals surface area contributed by atoms with Crippen LogP contribution in [-0.4, -0.2) is 12.5 Å². The van der Waals surface area contributed by atoms with Crippen molar-refractivity contribution in [3.05, 3.63) is 33.8 Å². The van der Waals surface area contributed by atoms with Crippen LogP contribution in [0.25, 0.3) is 0 Å². The predicted octanol–water partition coefficient (Wildman–Crippen LogP) is 4.31. The Morgan fingerprint density at radius 3 is 2.68 bits per heavy atom. The standard InChI is InChI=1S/C16H22BrNO/c1-11-3-6-13(7-4-11)10-18-16(19)14-9-12(2)5-8-15(14)17/h5,8-9,11,13H,3-4,6-7,10H2,1-2H3,(H,18,19). The van der Waals surface area contributed by atoms with Crippen molar-refractivity contribution >= 4 is 21.8 Å². The van der Waals surface area contributed by atoms with E-state index in [4.69, 9.17) is 0 Å². The number of rotatable bonds is 3. The van der Waals surface area contributed by atoms with Crippen LogP contribution in [-0.2, 0) is 0 Å². The summed E-state index contributed by atoms with van der Waals surface area (Å²) in [6.07, 6.45) is 5.09. The highest BCUT2D eigenvalue weighted by Gasteiger charge is 2.19. The maximum atomic E-state index is 12.2. The fraction of sp³-hybridized carbons (Fsp3) is 0.562. The molecular formula is C16H22BrNO. The minimum absolute atomic E-state index is 0.0363. The molecule has 0 bridgehead atoms. The van der Waals surface area contributed by atoms with E-state index in [0.29, 0.717) is 5.92 Å². The van der Waals surface area contributed by atoms with Crippen LogP contribution in [0.5, 0.6) is 0 Å². The SMILES string of the molecule is Cc1ccc(Br)c(C(=O)NCC2CCC(C)CC2)c1. The molecule has 3 heteroatoms. The first-order chi connectivity index (χ1) is 9.06. The molecule has 1 aliphatic carbocycles. The second kappa shape index (κ2) is 6.56. The quantitative estimate of drug-likeness (QED) is 0.882. The maximum Gasteiger partial charge on any atom is 0.252 e. The minimum atomic E-state index is 0.0363. The minimum Gasteiger partial charge on any atom is -0.352 e. The van der Waals surface area contributed by atoms with Gasteiger partial charge in [0.2, 0.25) is 0 Å². The molecule has 19 heavy (non-hydrogen) atoms. The molecule has 0 atom stereocenters. The number of halogens is 1. The van der Waals surface area contributed by atoms with Crippen molar-refractivity contribution in [3.63, 3.8) is 0 Å². The van der Waals surface area contributed by atoms with Crippen LogP contribution >= 0.6 is 15.9 Å². The molecule has 1 N–H and O–H groups in total. The number of hydrogen-bond acceptors (Lipinski definition) is 1. The van der Waals surface area contributed by atoms with Gasteiger partial charge in [0.15, 0.2) is 0 Å². The predicted molar refractivity (Wildman–Crippen MR) is 82.3 cm³/mol. The molecule has 1 amide bonds. The lowest BCUT2D eigenvalue weighted by molar-refractivity contribution is 0.0941. The Morgan fingerprint density at radius 1 is 1.32 bits per heavy atom. The summed E-state index contributed by atoms with van der Waals surface area (Å²) in [5.41, 5.74) is 1.85. The molecule has 0 aromatic heterocycles. The summed E-state index contributed by atoms with van der Waals surface area (Å²) >= 11 is 3.44. The lowest BCUT2D eigenvalue weighted by atomic mass is 9.83. The van der Waals surface area contributed by atoms with Gasteiger partial charge in [0.05, 0.1) is 5.56 Å². The Hall–Kier alpha value is -0.830. The second-order valence-electron chi connectivity index (χ2n) is 5.82. The largest absolute Gasteiger partial charge is 0.352 e. The Labute approximate surface area is 124 Å². The van der Waals surface area contributed by atoms with E-state index in [1.165, 1.54) is 25.7 Å². The van der Waals surface area contributed by atoms with Gasteiger partial charge in [-0.25, -0.2) is 0 Å². The van der Waals surface area contributed by atoms with E-state index in [1.807, 2.05) is 25.1 Å². The van der Waals surface area contributed by atoms with Crippen molar-refractivity contribution < 1.29 is 4.79 Å². The summed E-state index contributed by atoms with van der Waals surface area (Å²) in [5, 5.41) is 3.08. The van der Waals surface area contributed by atoms with Gasteiger partial charge >= 0.3 is 0 Å².